The molecule has 1 amide bonds. The van der Waals surface area contributed by atoms with Gasteiger partial charge in [0.1, 0.15) is 5.82 Å². The highest BCUT2D eigenvalue weighted by atomic mass is 19.3. The van der Waals surface area contributed by atoms with Gasteiger partial charge in [-0.3, -0.25) is 9.59 Å². The van der Waals surface area contributed by atoms with Crippen LogP contribution in [0.25, 0.3) is 0 Å². The van der Waals surface area contributed by atoms with Crippen molar-refractivity contribution in [3.63, 3.8) is 0 Å². The first kappa shape index (κ1) is 21.7. The van der Waals surface area contributed by atoms with Crippen molar-refractivity contribution >= 4 is 23.3 Å². The maximum atomic E-state index is 14.0. The van der Waals surface area contributed by atoms with E-state index in [1.54, 1.807) is 0 Å². The Morgan fingerprint density at radius 1 is 1.07 bits per heavy atom. The van der Waals surface area contributed by atoms with Crippen molar-refractivity contribution < 1.29 is 41.8 Å². The summed E-state index contributed by atoms with van der Waals surface area (Å²) in [7, 11) is 1.19. The fraction of sp³-hybridized carbons (Fsp3) is 0.211. The van der Waals surface area contributed by atoms with E-state index in [2.05, 4.69) is 10.1 Å². The summed E-state index contributed by atoms with van der Waals surface area (Å²) in [6.07, 6.45) is 0. The molecule has 0 bridgehead atoms. The van der Waals surface area contributed by atoms with Crippen LogP contribution in [-0.2, 0) is 9.53 Å². The number of anilines is 1. The molecular weight excluding hydrogens is 395 g/mol. The molecule has 0 spiro atoms. The van der Waals surface area contributed by atoms with Crippen molar-refractivity contribution in [2.75, 3.05) is 19.0 Å². The monoisotopic (exact) mass is 411 g/mol. The molecule has 0 fully saturated rings. The van der Waals surface area contributed by atoms with E-state index in [-0.39, 0.29) is 28.3 Å². The molecule has 7 nitrogen and oxygen atoms in total. The lowest BCUT2D eigenvalue weighted by Gasteiger charge is -2.11. The number of hydrogen-bond donors (Lipinski definition) is 1. The van der Waals surface area contributed by atoms with Crippen LogP contribution >= 0.6 is 0 Å². The Balaban J connectivity index is 2.05. The highest BCUT2D eigenvalue weighted by molar-refractivity contribution is 6.00. The average molecular weight is 411 g/mol. The molecule has 0 radical (unpaired) electrons. The van der Waals surface area contributed by atoms with Gasteiger partial charge in [-0.1, -0.05) is 0 Å². The molecule has 0 saturated heterocycles. The van der Waals surface area contributed by atoms with E-state index in [0.717, 1.165) is 30.3 Å². The number of alkyl halides is 2. The van der Waals surface area contributed by atoms with Crippen LogP contribution in [0.15, 0.2) is 36.4 Å². The molecule has 10 heteroatoms. The van der Waals surface area contributed by atoms with Crippen molar-refractivity contribution in [3.8, 4) is 11.5 Å². The van der Waals surface area contributed by atoms with Crippen LogP contribution in [0.3, 0.4) is 0 Å². The van der Waals surface area contributed by atoms with Gasteiger partial charge in [-0.25, -0.2) is 9.18 Å². The first-order chi connectivity index (χ1) is 13.7. The van der Waals surface area contributed by atoms with Crippen molar-refractivity contribution in [1.29, 1.82) is 0 Å². The Kier molecular flexibility index (Phi) is 7.18. The van der Waals surface area contributed by atoms with Gasteiger partial charge in [-0.2, -0.15) is 8.78 Å². The summed E-state index contributed by atoms with van der Waals surface area (Å²) in [6.45, 7) is -2.59. The number of benzene rings is 2. The highest BCUT2D eigenvalue weighted by Crippen LogP contribution is 2.29. The minimum Gasteiger partial charge on any atom is -0.493 e. The molecular formula is C19H16F3NO6. The minimum atomic E-state index is -3.08. The number of carbonyl (C=O) groups is 3. The molecule has 1 N–H and O–H groups in total. The van der Waals surface area contributed by atoms with Gasteiger partial charge in [-0.15, -0.1) is 0 Å². The van der Waals surface area contributed by atoms with E-state index in [9.17, 15) is 27.6 Å². The van der Waals surface area contributed by atoms with Gasteiger partial charge < -0.3 is 19.5 Å². The van der Waals surface area contributed by atoms with Crippen molar-refractivity contribution in [3.05, 3.63) is 53.3 Å². The predicted octanol–water partition coefficient (Wildman–Crippen LogP) is 3.43. The number of ether oxygens (including phenoxy) is 3. The maximum Gasteiger partial charge on any atom is 0.387 e. The van der Waals surface area contributed by atoms with E-state index in [0.29, 0.717) is 0 Å². The maximum absolute atomic E-state index is 14.0. The Morgan fingerprint density at radius 2 is 1.79 bits per heavy atom. The summed E-state index contributed by atoms with van der Waals surface area (Å²) in [5.74, 6) is -3.47. The van der Waals surface area contributed by atoms with E-state index in [1.807, 2.05) is 0 Å². The minimum absolute atomic E-state index is 0.0854. The van der Waals surface area contributed by atoms with Crippen LogP contribution in [-0.4, -0.2) is 38.0 Å². The summed E-state index contributed by atoms with van der Waals surface area (Å²) in [5, 5.41) is 2.37. The Morgan fingerprint density at radius 3 is 2.38 bits per heavy atom. The molecule has 2 aromatic rings. The topological polar surface area (TPSA) is 90.9 Å². The molecule has 154 valence electrons. The second-order valence-electron chi connectivity index (χ2n) is 5.62. The van der Waals surface area contributed by atoms with Crippen LogP contribution in [0.2, 0.25) is 0 Å². The average Bonchev–Trinajstić information content (AvgIpc) is 2.65. The smallest absolute Gasteiger partial charge is 0.387 e. The molecule has 0 aliphatic carbocycles. The number of halogens is 3. The Hall–Kier alpha value is -3.56. The number of esters is 1. The highest BCUT2D eigenvalue weighted by Gasteiger charge is 2.18. The Bertz CT molecular complexity index is 932. The lowest BCUT2D eigenvalue weighted by atomic mass is 10.1. The second-order valence-corrected chi connectivity index (χ2v) is 5.62. The lowest BCUT2D eigenvalue weighted by molar-refractivity contribution is -0.114. The first-order valence-corrected chi connectivity index (χ1v) is 8.11. The van der Waals surface area contributed by atoms with Crippen LogP contribution in [0, 0.1) is 5.82 Å². The van der Waals surface area contributed by atoms with Crippen LogP contribution in [0.5, 0.6) is 11.5 Å². The SMILES string of the molecule is COc1cc(C(=O)OCC(=O)c2ccc(NC(C)=O)cc2F)ccc1OC(F)F. The van der Waals surface area contributed by atoms with E-state index in [4.69, 9.17) is 9.47 Å². The molecule has 0 aromatic heterocycles. The fourth-order valence-electron chi connectivity index (χ4n) is 2.30. The number of carbonyl (C=O) groups excluding carboxylic acids is 3. The van der Waals surface area contributed by atoms with Gasteiger partial charge in [0.05, 0.1) is 18.2 Å². The third-order valence-electron chi connectivity index (χ3n) is 3.54. The first-order valence-electron chi connectivity index (χ1n) is 8.11. The normalized spacial score (nSPS) is 10.4. The molecule has 2 rings (SSSR count). The standard InChI is InChI=1S/C19H16F3NO6/c1-10(24)23-12-4-5-13(14(20)8-12)15(25)9-28-18(26)11-3-6-16(29-19(21)22)17(7-11)27-2/h3-8,19H,9H2,1-2H3,(H,23,24). The number of methoxy groups -OCH3 is 1. The lowest BCUT2D eigenvalue weighted by Crippen LogP contribution is -2.16. The van der Waals surface area contributed by atoms with E-state index in [1.165, 1.54) is 20.1 Å². The zero-order valence-electron chi connectivity index (χ0n) is 15.3. The number of hydrogen-bond acceptors (Lipinski definition) is 6. The third kappa shape index (κ3) is 5.96. The molecule has 29 heavy (non-hydrogen) atoms. The molecule has 2 aromatic carbocycles. The fourth-order valence-corrected chi connectivity index (χ4v) is 2.30. The summed E-state index contributed by atoms with van der Waals surface area (Å²) in [4.78, 5) is 35.1. The van der Waals surface area contributed by atoms with Gasteiger partial charge in [0, 0.05) is 12.6 Å². The molecule has 0 heterocycles. The van der Waals surface area contributed by atoms with Gasteiger partial charge >= 0.3 is 12.6 Å². The molecule has 0 aliphatic rings. The van der Waals surface area contributed by atoms with Gasteiger partial charge in [0.25, 0.3) is 0 Å². The van der Waals surface area contributed by atoms with E-state index < -0.39 is 36.7 Å². The summed E-state index contributed by atoms with van der Waals surface area (Å²) in [6, 6.07) is 6.78. The molecule has 0 atom stereocenters. The van der Waals surface area contributed by atoms with Gasteiger partial charge in [0.2, 0.25) is 11.7 Å². The van der Waals surface area contributed by atoms with Crippen LogP contribution in [0.1, 0.15) is 27.6 Å². The molecule has 0 unspecified atom stereocenters. The number of ketones is 1. The van der Waals surface area contributed by atoms with Crippen LogP contribution < -0.4 is 14.8 Å². The summed E-state index contributed by atoms with van der Waals surface area (Å²) in [5.41, 5.74) is -0.246. The predicted molar refractivity (Wildman–Crippen MR) is 94.9 cm³/mol. The Labute approximate surface area is 163 Å². The third-order valence-corrected chi connectivity index (χ3v) is 3.54. The number of rotatable bonds is 8. The quantitative estimate of drug-likeness (QED) is 0.529. The summed E-state index contributed by atoms with van der Waals surface area (Å²) >= 11 is 0. The number of Topliss-reactive ketones (excluding diaryl/α,β-unsaturated/α-hetero) is 1. The van der Waals surface area contributed by atoms with Crippen molar-refractivity contribution in [2.24, 2.45) is 0 Å². The van der Waals surface area contributed by atoms with Gasteiger partial charge in [-0.05, 0) is 36.4 Å². The largest absolute Gasteiger partial charge is 0.493 e. The zero-order chi connectivity index (χ0) is 21.6. The number of amides is 1. The zero-order valence-corrected chi connectivity index (χ0v) is 15.3. The van der Waals surface area contributed by atoms with Crippen molar-refractivity contribution in [2.45, 2.75) is 13.5 Å². The molecule has 0 saturated carbocycles. The summed E-state index contributed by atoms with van der Waals surface area (Å²) < 4.78 is 52.7. The van der Waals surface area contributed by atoms with E-state index >= 15 is 0 Å². The van der Waals surface area contributed by atoms with Crippen LogP contribution in [0.4, 0.5) is 18.9 Å². The van der Waals surface area contributed by atoms with Gasteiger partial charge in [0.15, 0.2) is 18.1 Å². The molecule has 0 aliphatic heterocycles. The van der Waals surface area contributed by atoms with Crippen molar-refractivity contribution in [1.82, 2.24) is 0 Å². The second kappa shape index (κ2) is 9.58. The number of nitrogens with one attached hydrogen (secondary N) is 1.